The highest BCUT2D eigenvalue weighted by molar-refractivity contribution is 6.30. The van der Waals surface area contributed by atoms with Crippen LogP contribution in [0.2, 0.25) is 5.02 Å². The molecule has 0 radical (unpaired) electrons. The number of hydrogen-bond acceptors (Lipinski definition) is 4. The normalized spacial score (nSPS) is 12.0. The van der Waals surface area contributed by atoms with E-state index in [4.69, 9.17) is 21.1 Å². The molecule has 1 rings (SSSR count). The second-order valence-electron chi connectivity index (χ2n) is 4.34. The summed E-state index contributed by atoms with van der Waals surface area (Å²) in [4.78, 5) is 11.6. The highest BCUT2D eigenvalue weighted by atomic mass is 35.5. The summed E-state index contributed by atoms with van der Waals surface area (Å²) in [7, 11) is 1.61. The van der Waals surface area contributed by atoms with E-state index in [0.717, 1.165) is 6.42 Å². The van der Waals surface area contributed by atoms with E-state index in [2.05, 4.69) is 5.32 Å². The Labute approximate surface area is 123 Å². The number of ether oxygens (including phenoxy) is 2. The third-order valence-corrected chi connectivity index (χ3v) is 2.86. The van der Waals surface area contributed by atoms with Gasteiger partial charge in [0.25, 0.3) is 5.91 Å². The van der Waals surface area contributed by atoms with Crippen molar-refractivity contribution in [3.63, 3.8) is 0 Å². The van der Waals surface area contributed by atoms with Crippen molar-refractivity contribution < 1.29 is 19.4 Å². The van der Waals surface area contributed by atoms with Gasteiger partial charge in [-0.2, -0.15) is 0 Å². The van der Waals surface area contributed by atoms with Gasteiger partial charge in [-0.15, -0.1) is 0 Å². The second kappa shape index (κ2) is 8.79. The summed E-state index contributed by atoms with van der Waals surface area (Å²) >= 11 is 5.86. The molecule has 0 aromatic heterocycles. The lowest BCUT2D eigenvalue weighted by molar-refractivity contribution is -0.123. The summed E-state index contributed by atoms with van der Waals surface area (Å²) in [5.74, 6) is 0.240. The quantitative estimate of drug-likeness (QED) is 0.720. The molecule has 0 aliphatic heterocycles. The van der Waals surface area contributed by atoms with Crippen molar-refractivity contribution in [2.75, 3.05) is 26.9 Å². The Balaban J connectivity index is 2.47. The number of nitrogens with one attached hydrogen (secondary N) is 1. The number of hydrogen-bond donors (Lipinski definition) is 2. The topological polar surface area (TPSA) is 67.8 Å². The SMILES string of the molecule is COCCCNC(=O)COc1ccc(Cl)cc1[C@H](C)O. The molecular weight excluding hydrogens is 282 g/mol. The molecule has 112 valence electrons. The molecule has 6 heteroatoms. The van der Waals surface area contributed by atoms with Crippen LogP contribution in [0.3, 0.4) is 0 Å². The summed E-state index contributed by atoms with van der Waals surface area (Å²) < 4.78 is 10.3. The van der Waals surface area contributed by atoms with Gasteiger partial charge in [0.2, 0.25) is 0 Å². The Morgan fingerprint density at radius 2 is 2.25 bits per heavy atom. The number of halogens is 1. The van der Waals surface area contributed by atoms with E-state index in [1.807, 2.05) is 0 Å². The van der Waals surface area contributed by atoms with E-state index >= 15 is 0 Å². The lowest BCUT2D eigenvalue weighted by Gasteiger charge is -2.13. The van der Waals surface area contributed by atoms with Gasteiger partial charge < -0.3 is 19.9 Å². The van der Waals surface area contributed by atoms with Crippen LogP contribution >= 0.6 is 11.6 Å². The molecule has 1 aromatic carbocycles. The first-order chi connectivity index (χ1) is 9.54. The molecule has 0 spiro atoms. The van der Waals surface area contributed by atoms with Crippen molar-refractivity contribution in [2.24, 2.45) is 0 Å². The first-order valence-corrected chi connectivity index (χ1v) is 6.78. The Morgan fingerprint density at radius 3 is 2.90 bits per heavy atom. The zero-order valence-corrected chi connectivity index (χ0v) is 12.4. The molecule has 0 unspecified atom stereocenters. The first kappa shape index (κ1) is 16.8. The molecule has 20 heavy (non-hydrogen) atoms. The van der Waals surface area contributed by atoms with E-state index in [-0.39, 0.29) is 12.5 Å². The van der Waals surface area contributed by atoms with Crippen LogP contribution < -0.4 is 10.1 Å². The fourth-order valence-electron chi connectivity index (χ4n) is 1.62. The van der Waals surface area contributed by atoms with Gasteiger partial charge in [-0.1, -0.05) is 11.6 Å². The van der Waals surface area contributed by atoms with Gasteiger partial charge in [0.1, 0.15) is 5.75 Å². The first-order valence-electron chi connectivity index (χ1n) is 6.40. The van der Waals surface area contributed by atoms with Crippen LogP contribution in [0.5, 0.6) is 5.75 Å². The average Bonchev–Trinajstić information content (AvgIpc) is 2.42. The molecule has 2 N–H and O–H groups in total. The molecule has 0 aliphatic rings. The van der Waals surface area contributed by atoms with Crippen LogP contribution in [0, 0.1) is 0 Å². The summed E-state index contributed by atoms with van der Waals surface area (Å²) in [6.07, 6.45) is 0.0377. The minimum Gasteiger partial charge on any atom is -0.483 e. The van der Waals surface area contributed by atoms with Crippen molar-refractivity contribution >= 4 is 17.5 Å². The highest BCUT2D eigenvalue weighted by Gasteiger charge is 2.11. The maximum Gasteiger partial charge on any atom is 0.257 e. The summed E-state index contributed by atoms with van der Waals surface area (Å²) in [6, 6.07) is 4.92. The van der Waals surface area contributed by atoms with Crippen molar-refractivity contribution in [1.82, 2.24) is 5.32 Å². The Morgan fingerprint density at radius 1 is 1.50 bits per heavy atom. The van der Waals surface area contributed by atoms with Crippen LogP contribution in [0.25, 0.3) is 0 Å². The molecule has 1 amide bonds. The fourth-order valence-corrected chi connectivity index (χ4v) is 1.80. The van der Waals surface area contributed by atoms with Crippen molar-refractivity contribution in [2.45, 2.75) is 19.4 Å². The van der Waals surface area contributed by atoms with Gasteiger partial charge in [0, 0.05) is 30.8 Å². The number of rotatable bonds is 8. The smallest absolute Gasteiger partial charge is 0.257 e. The molecule has 0 heterocycles. The largest absolute Gasteiger partial charge is 0.483 e. The number of carbonyl (C=O) groups is 1. The molecule has 0 saturated heterocycles. The molecule has 0 bridgehead atoms. The molecule has 0 aliphatic carbocycles. The van der Waals surface area contributed by atoms with Gasteiger partial charge in [-0.25, -0.2) is 0 Å². The van der Waals surface area contributed by atoms with E-state index in [9.17, 15) is 9.90 Å². The fraction of sp³-hybridized carbons (Fsp3) is 0.500. The third kappa shape index (κ3) is 5.77. The van der Waals surface area contributed by atoms with E-state index in [0.29, 0.717) is 29.5 Å². The Hall–Kier alpha value is -1.30. The summed E-state index contributed by atoms with van der Waals surface area (Å²) in [6.45, 7) is 2.65. The maximum absolute atomic E-state index is 11.6. The summed E-state index contributed by atoms with van der Waals surface area (Å²) in [5, 5.41) is 12.9. The zero-order valence-electron chi connectivity index (χ0n) is 11.7. The predicted molar refractivity (Wildman–Crippen MR) is 77.1 cm³/mol. The van der Waals surface area contributed by atoms with Gasteiger partial charge in [-0.3, -0.25) is 4.79 Å². The highest BCUT2D eigenvalue weighted by Crippen LogP contribution is 2.28. The van der Waals surface area contributed by atoms with Crippen molar-refractivity contribution in [3.8, 4) is 5.75 Å². The summed E-state index contributed by atoms with van der Waals surface area (Å²) in [5.41, 5.74) is 0.560. The lowest BCUT2D eigenvalue weighted by atomic mass is 10.1. The number of methoxy groups -OCH3 is 1. The van der Waals surface area contributed by atoms with Gasteiger partial charge >= 0.3 is 0 Å². The lowest BCUT2D eigenvalue weighted by Crippen LogP contribution is -2.30. The minimum absolute atomic E-state index is 0.103. The van der Waals surface area contributed by atoms with E-state index in [1.165, 1.54) is 0 Å². The molecule has 0 saturated carbocycles. The van der Waals surface area contributed by atoms with E-state index in [1.54, 1.807) is 32.2 Å². The van der Waals surface area contributed by atoms with Crippen molar-refractivity contribution in [3.05, 3.63) is 28.8 Å². The Bertz CT molecular complexity index is 437. The van der Waals surface area contributed by atoms with Crippen LogP contribution in [0.4, 0.5) is 0 Å². The second-order valence-corrected chi connectivity index (χ2v) is 4.78. The van der Waals surface area contributed by atoms with E-state index < -0.39 is 6.10 Å². The maximum atomic E-state index is 11.6. The molecule has 0 fully saturated rings. The number of benzene rings is 1. The Kier molecular flexibility index (Phi) is 7.36. The van der Waals surface area contributed by atoms with Crippen LogP contribution in [-0.4, -0.2) is 37.9 Å². The predicted octanol–water partition coefficient (Wildman–Crippen LogP) is 1.92. The van der Waals surface area contributed by atoms with Gasteiger partial charge in [0.15, 0.2) is 6.61 Å². The standard InChI is InChI=1S/C14H20ClNO4/c1-10(17)12-8-11(15)4-5-13(12)20-9-14(18)16-6-3-7-19-2/h4-5,8,10,17H,3,6-7,9H2,1-2H3,(H,16,18)/t10-/m0/s1. The molecule has 1 aromatic rings. The number of amides is 1. The molecule has 1 atom stereocenters. The van der Waals surface area contributed by atoms with Gasteiger partial charge in [0.05, 0.1) is 6.10 Å². The molecular formula is C14H20ClNO4. The number of aliphatic hydroxyl groups excluding tert-OH is 1. The third-order valence-electron chi connectivity index (χ3n) is 2.63. The minimum atomic E-state index is -0.714. The zero-order chi connectivity index (χ0) is 15.0. The number of aliphatic hydroxyl groups is 1. The molecule has 5 nitrogen and oxygen atoms in total. The van der Waals surface area contributed by atoms with Crippen LogP contribution in [0.1, 0.15) is 25.0 Å². The van der Waals surface area contributed by atoms with Crippen LogP contribution in [-0.2, 0) is 9.53 Å². The monoisotopic (exact) mass is 301 g/mol. The number of carbonyl (C=O) groups excluding carboxylic acids is 1. The van der Waals surface area contributed by atoms with Gasteiger partial charge in [-0.05, 0) is 31.5 Å². The van der Waals surface area contributed by atoms with Crippen LogP contribution in [0.15, 0.2) is 18.2 Å². The van der Waals surface area contributed by atoms with Crippen molar-refractivity contribution in [1.29, 1.82) is 0 Å². The average molecular weight is 302 g/mol.